The van der Waals surface area contributed by atoms with Crippen LogP contribution in [0.25, 0.3) is 0 Å². The number of rotatable bonds is 7. The van der Waals surface area contributed by atoms with E-state index in [4.69, 9.17) is 0 Å². The quantitative estimate of drug-likeness (QED) is 0.775. The Morgan fingerprint density at radius 1 is 1.15 bits per heavy atom. The van der Waals surface area contributed by atoms with Crippen LogP contribution in [0.15, 0.2) is 0 Å². The van der Waals surface area contributed by atoms with Crippen LogP contribution < -0.4 is 5.32 Å². The molecule has 3 nitrogen and oxygen atoms in total. The smallest absolute Gasteiger partial charge is 0.241 e. The van der Waals surface area contributed by atoms with Crippen molar-refractivity contribution in [2.75, 3.05) is 6.54 Å². The van der Waals surface area contributed by atoms with Gasteiger partial charge in [0.1, 0.15) is 0 Å². The zero-order valence-electron chi connectivity index (χ0n) is 12.9. The van der Waals surface area contributed by atoms with E-state index in [2.05, 4.69) is 17.1 Å². The van der Waals surface area contributed by atoms with Gasteiger partial charge in [0.2, 0.25) is 5.91 Å². The van der Waals surface area contributed by atoms with Crippen molar-refractivity contribution in [2.24, 2.45) is 11.8 Å². The molecule has 2 atom stereocenters. The minimum Gasteiger partial charge on any atom is -0.326 e. The summed E-state index contributed by atoms with van der Waals surface area (Å²) in [5.41, 5.74) is 0. The fraction of sp³-hybridized carbons (Fsp3) is 0.941. The average molecular weight is 278 g/mol. The second-order valence-corrected chi connectivity index (χ2v) is 7.11. The van der Waals surface area contributed by atoms with E-state index in [1.807, 2.05) is 0 Å². The standard InChI is InChI=1S/C17H30N2O/c1-2-3-8-15-17(20)19(12-11-13-9-10-13)16(18-15)14-6-4-5-7-14/h13-16,18H,2-12H2,1H3. The molecule has 114 valence electrons. The highest BCUT2D eigenvalue weighted by atomic mass is 16.2. The zero-order chi connectivity index (χ0) is 13.9. The summed E-state index contributed by atoms with van der Waals surface area (Å²) in [4.78, 5) is 14.9. The Hall–Kier alpha value is -0.570. The number of carbonyl (C=O) groups excluding carboxylic acids is 1. The molecule has 1 heterocycles. The molecule has 0 radical (unpaired) electrons. The molecule has 20 heavy (non-hydrogen) atoms. The summed E-state index contributed by atoms with van der Waals surface area (Å²) < 4.78 is 0. The molecule has 1 N–H and O–H groups in total. The largest absolute Gasteiger partial charge is 0.326 e. The fourth-order valence-corrected chi connectivity index (χ4v) is 3.96. The van der Waals surface area contributed by atoms with E-state index in [0.29, 0.717) is 18.0 Å². The fourth-order valence-electron chi connectivity index (χ4n) is 3.96. The zero-order valence-corrected chi connectivity index (χ0v) is 12.9. The highest BCUT2D eigenvalue weighted by molar-refractivity contribution is 5.84. The molecule has 0 bridgehead atoms. The van der Waals surface area contributed by atoms with E-state index < -0.39 is 0 Å². The molecule has 1 saturated heterocycles. The lowest BCUT2D eigenvalue weighted by Gasteiger charge is -2.29. The van der Waals surface area contributed by atoms with Gasteiger partial charge in [-0.15, -0.1) is 0 Å². The molecule has 1 aliphatic heterocycles. The third kappa shape index (κ3) is 3.19. The van der Waals surface area contributed by atoms with Crippen molar-refractivity contribution in [2.45, 2.75) is 83.3 Å². The van der Waals surface area contributed by atoms with E-state index in [1.54, 1.807) is 0 Å². The number of amides is 1. The summed E-state index contributed by atoms with van der Waals surface area (Å²) in [6, 6.07) is 0.111. The van der Waals surface area contributed by atoms with Crippen LogP contribution in [-0.4, -0.2) is 29.6 Å². The van der Waals surface area contributed by atoms with Crippen molar-refractivity contribution in [1.29, 1.82) is 0 Å². The van der Waals surface area contributed by atoms with Gasteiger partial charge in [-0.25, -0.2) is 0 Å². The first-order valence-corrected chi connectivity index (χ1v) is 8.86. The van der Waals surface area contributed by atoms with Crippen molar-refractivity contribution in [1.82, 2.24) is 10.2 Å². The topological polar surface area (TPSA) is 32.3 Å². The average Bonchev–Trinajstić information content (AvgIpc) is 3.01. The maximum atomic E-state index is 12.7. The predicted molar refractivity (Wildman–Crippen MR) is 81.2 cm³/mol. The van der Waals surface area contributed by atoms with Gasteiger partial charge in [-0.2, -0.15) is 0 Å². The maximum absolute atomic E-state index is 12.7. The summed E-state index contributed by atoms with van der Waals surface area (Å²) in [7, 11) is 0. The number of hydrogen-bond donors (Lipinski definition) is 1. The van der Waals surface area contributed by atoms with Crippen LogP contribution in [0.2, 0.25) is 0 Å². The van der Waals surface area contributed by atoms with Gasteiger partial charge in [-0.3, -0.25) is 10.1 Å². The molecule has 1 amide bonds. The van der Waals surface area contributed by atoms with Gasteiger partial charge in [0.15, 0.2) is 0 Å². The Balaban J connectivity index is 1.62. The van der Waals surface area contributed by atoms with Crippen LogP contribution in [0.5, 0.6) is 0 Å². The Labute approximate surface area is 123 Å². The van der Waals surface area contributed by atoms with Crippen molar-refractivity contribution in [3.05, 3.63) is 0 Å². The summed E-state index contributed by atoms with van der Waals surface area (Å²) in [6.45, 7) is 3.21. The predicted octanol–water partition coefficient (Wildman–Crippen LogP) is 3.29. The van der Waals surface area contributed by atoms with E-state index in [-0.39, 0.29) is 6.04 Å². The molecule has 2 saturated carbocycles. The number of unbranched alkanes of at least 4 members (excludes halogenated alkanes) is 1. The van der Waals surface area contributed by atoms with Gasteiger partial charge in [0.25, 0.3) is 0 Å². The van der Waals surface area contributed by atoms with Crippen molar-refractivity contribution in [3.63, 3.8) is 0 Å². The molecule has 2 unspecified atom stereocenters. The Morgan fingerprint density at radius 3 is 2.55 bits per heavy atom. The Kier molecular flexibility index (Phi) is 4.65. The first-order chi connectivity index (χ1) is 9.79. The maximum Gasteiger partial charge on any atom is 0.241 e. The first kappa shape index (κ1) is 14.4. The third-order valence-electron chi connectivity index (χ3n) is 5.46. The molecule has 0 aromatic carbocycles. The van der Waals surface area contributed by atoms with Crippen LogP contribution >= 0.6 is 0 Å². The van der Waals surface area contributed by atoms with Crippen molar-refractivity contribution in [3.8, 4) is 0 Å². The monoisotopic (exact) mass is 278 g/mol. The van der Waals surface area contributed by atoms with Crippen LogP contribution in [-0.2, 0) is 4.79 Å². The molecule has 3 heteroatoms. The van der Waals surface area contributed by atoms with Gasteiger partial charge >= 0.3 is 0 Å². The minimum absolute atomic E-state index is 0.111. The number of hydrogen-bond acceptors (Lipinski definition) is 2. The van der Waals surface area contributed by atoms with Crippen LogP contribution in [0.4, 0.5) is 0 Å². The summed E-state index contributed by atoms with van der Waals surface area (Å²) in [6.07, 6.45) is 13.1. The van der Waals surface area contributed by atoms with Crippen LogP contribution in [0.3, 0.4) is 0 Å². The molecule has 0 aromatic heterocycles. The van der Waals surface area contributed by atoms with Gasteiger partial charge in [-0.05, 0) is 37.5 Å². The number of carbonyl (C=O) groups is 1. The molecule has 0 aromatic rings. The second-order valence-electron chi connectivity index (χ2n) is 7.11. The van der Waals surface area contributed by atoms with Crippen LogP contribution in [0.1, 0.15) is 71.1 Å². The molecular weight excluding hydrogens is 248 g/mol. The van der Waals surface area contributed by atoms with Gasteiger partial charge < -0.3 is 4.90 Å². The highest BCUT2D eigenvalue weighted by Crippen LogP contribution is 2.36. The van der Waals surface area contributed by atoms with Crippen molar-refractivity contribution >= 4 is 5.91 Å². The van der Waals surface area contributed by atoms with Gasteiger partial charge in [0, 0.05) is 6.54 Å². The third-order valence-corrected chi connectivity index (χ3v) is 5.46. The van der Waals surface area contributed by atoms with E-state index >= 15 is 0 Å². The highest BCUT2D eigenvalue weighted by Gasteiger charge is 2.42. The molecule has 0 spiro atoms. The van der Waals surface area contributed by atoms with E-state index in [0.717, 1.165) is 25.3 Å². The normalized spacial score (nSPS) is 31.4. The van der Waals surface area contributed by atoms with Crippen LogP contribution in [0, 0.1) is 11.8 Å². The Bertz CT molecular complexity index is 334. The lowest BCUT2D eigenvalue weighted by molar-refractivity contribution is -0.130. The lowest BCUT2D eigenvalue weighted by Crippen LogP contribution is -2.43. The molecule has 3 rings (SSSR count). The molecular formula is C17H30N2O. The van der Waals surface area contributed by atoms with Gasteiger partial charge in [-0.1, -0.05) is 45.4 Å². The summed E-state index contributed by atoms with van der Waals surface area (Å²) in [5.74, 6) is 2.03. The Morgan fingerprint density at radius 2 is 1.90 bits per heavy atom. The van der Waals surface area contributed by atoms with Crippen molar-refractivity contribution < 1.29 is 4.79 Å². The molecule has 3 fully saturated rings. The SMILES string of the molecule is CCCCC1NC(C2CCCC2)N(CCC2CC2)C1=O. The molecule has 2 aliphatic carbocycles. The summed E-state index contributed by atoms with van der Waals surface area (Å²) in [5, 5.41) is 3.69. The van der Waals surface area contributed by atoms with E-state index in [9.17, 15) is 4.79 Å². The second kappa shape index (κ2) is 6.46. The first-order valence-electron chi connectivity index (χ1n) is 8.86. The number of nitrogens with zero attached hydrogens (tertiary/aromatic N) is 1. The summed E-state index contributed by atoms with van der Waals surface area (Å²) >= 11 is 0. The lowest BCUT2D eigenvalue weighted by atomic mass is 10.0. The van der Waals surface area contributed by atoms with E-state index in [1.165, 1.54) is 51.4 Å². The minimum atomic E-state index is 0.111. The number of nitrogens with one attached hydrogen (secondary N) is 1. The molecule has 3 aliphatic rings. The van der Waals surface area contributed by atoms with Gasteiger partial charge in [0.05, 0.1) is 12.2 Å².